The zero-order valence-corrected chi connectivity index (χ0v) is 16.9. The first-order valence-electron chi connectivity index (χ1n) is 9.42. The molecule has 2 aromatic carbocycles. The van der Waals surface area contributed by atoms with Gasteiger partial charge in [-0.15, -0.1) is 0 Å². The van der Waals surface area contributed by atoms with Crippen molar-refractivity contribution in [1.29, 1.82) is 0 Å². The van der Waals surface area contributed by atoms with Crippen molar-refractivity contribution in [2.45, 2.75) is 33.5 Å². The second-order valence-electron chi connectivity index (χ2n) is 5.95. The van der Waals surface area contributed by atoms with Crippen molar-refractivity contribution >= 4 is 5.96 Å². The highest BCUT2D eigenvalue weighted by Gasteiger charge is 2.16. The van der Waals surface area contributed by atoms with Crippen molar-refractivity contribution in [1.82, 2.24) is 10.6 Å². The minimum Gasteiger partial charge on any atom is -0.497 e. The van der Waals surface area contributed by atoms with E-state index >= 15 is 0 Å². The normalized spacial score (nSPS) is 11.3. The zero-order chi connectivity index (χ0) is 21.1. The lowest BCUT2D eigenvalue weighted by Gasteiger charge is -2.17. The van der Waals surface area contributed by atoms with Crippen LogP contribution >= 0.6 is 0 Å². The number of hydrogen-bond acceptors (Lipinski definition) is 4. The van der Waals surface area contributed by atoms with Gasteiger partial charge >= 0.3 is 6.61 Å². The molecule has 0 amide bonds. The fourth-order valence-corrected chi connectivity index (χ4v) is 2.61. The van der Waals surface area contributed by atoms with Gasteiger partial charge in [-0.3, -0.25) is 0 Å². The summed E-state index contributed by atoms with van der Waals surface area (Å²) in [6.07, 6.45) is 0. The molecule has 158 valence electrons. The largest absolute Gasteiger partial charge is 0.497 e. The summed E-state index contributed by atoms with van der Waals surface area (Å²) in [5, 5.41) is 6.29. The van der Waals surface area contributed by atoms with Crippen LogP contribution < -0.4 is 24.8 Å². The Balaban J connectivity index is 2.11. The fourth-order valence-electron chi connectivity index (χ4n) is 2.61. The number of halogens is 2. The van der Waals surface area contributed by atoms with Gasteiger partial charge < -0.3 is 24.8 Å². The first-order chi connectivity index (χ1) is 14.1. The van der Waals surface area contributed by atoms with Crippen LogP contribution in [-0.2, 0) is 13.1 Å². The molecule has 0 aliphatic rings. The van der Waals surface area contributed by atoms with E-state index in [0.717, 1.165) is 11.3 Å². The Morgan fingerprint density at radius 2 is 1.83 bits per heavy atom. The molecule has 0 aliphatic heterocycles. The Bertz CT molecular complexity index is 783. The summed E-state index contributed by atoms with van der Waals surface area (Å²) >= 11 is 0. The molecule has 0 fully saturated rings. The molecule has 0 unspecified atom stereocenters. The second kappa shape index (κ2) is 11.7. The lowest BCUT2D eigenvalue weighted by Crippen LogP contribution is -2.36. The molecular weight excluding hydrogens is 380 g/mol. The third-order valence-corrected chi connectivity index (χ3v) is 3.94. The molecule has 0 atom stereocenters. The SMILES string of the molecule is CCNC(=NCc1ccc(OC)cc1)NCc1cccc(OCC)c1OC(F)F. The molecule has 0 bridgehead atoms. The van der Waals surface area contributed by atoms with Crippen LogP contribution in [0.2, 0.25) is 0 Å². The molecule has 2 N–H and O–H groups in total. The van der Waals surface area contributed by atoms with Gasteiger partial charge in [0.2, 0.25) is 0 Å². The molecule has 2 rings (SSSR count). The van der Waals surface area contributed by atoms with Crippen molar-refractivity contribution in [3.8, 4) is 17.2 Å². The van der Waals surface area contributed by atoms with Crippen LogP contribution in [0, 0.1) is 0 Å². The van der Waals surface area contributed by atoms with E-state index in [0.29, 0.717) is 31.2 Å². The quantitative estimate of drug-likeness (QED) is 0.461. The molecule has 0 aromatic heterocycles. The van der Waals surface area contributed by atoms with Crippen LogP contribution in [0.15, 0.2) is 47.5 Å². The first-order valence-corrected chi connectivity index (χ1v) is 9.42. The van der Waals surface area contributed by atoms with E-state index < -0.39 is 6.61 Å². The lowest BCUT2D eigenvalue weighted by molar-refractivity contribution is -0.0520. The maximum atomic E-state index is 12.9. The van der Waals surface area contributed by atoms with E-state index in [1.165, 1.54) is 0 Å². The van der Waals surface area contributed by atoms with E-state index in [1.54, 1.807) is 32.2 Å². The molecule has 0 spiro atoms. The summed E-state index contributed by atoms with van der Waals surface area (Å²) in [5.41, 5.74) is 1.56. The number of hydrogen-bond donors (Lipinski definition) is 2. The summed E-state index contributed by atoms with van der Waals surface area (Å²) in [5.74, 6) is 1.66. The highest BCUT2D eigenvalue weighted by molar-refractivity contribution is 5.79. The van der Waals surface area contributed by atoms with Crippen LogP contribution in [0.1, 0.15) is 25.0 Å². The van der Waals surface area contributed by atoms with Crippen molar-refractivity contribution in [3.63, 3.8) is 0 Å². The summed E-state index contributed by atoms with van der Waals surface area (Å²) in [4.78, 5) is 4.54. The van der Waals surface area contributed by atoms with Crippen LogP contribution in [-0.4, -0.2) is 32.8 Å². The first kappa shape index (κ1) is 22.3. The predicted octanol–water partition coefficient (Wildman–Crippen LogP) is 3.95. The average molecular weight is 407 g/mol. The smallest absolute Gasteiger partial charge is 0.387 e. The zero-order valence-electron chi connectivity index (χ0n) is 16.9. The van der Waals surface area contributed by atoms with E-state index in [4.69, 9.17) is 14.2 Å². The van der Waals surface area contributed by atoms with Gasteiger partial charge in [-0.2, -0.15) is 8.78 Å². The number of nitrogens with one attached hydrogen (secondary N) is 2. The van der Waals surface area contributed by atoms with E-state index in [9.17, 15) is 8.78 Å². The highest BCUT2D eigenvalue weighted by atomic mass is 19.3. The Hall–Kier alpha value is -3.03. The third kappa shape index (κ3) is 7.14. The molecular formula is C21H27F2N3O3. The molecule has 0 radical (unpaired) electrons. The summed E-state index contributed by atoms with van der Waals surface area (Å²) in [6.45, 7) is 2.51. The van der Waals surface area contributed by atoms with Gasteiger partial charge in [-0.25, -0.2) is 4.99 Å². The second-order valence-corrected chi connectivity index (χ2v) is 5.95. The number of rotatable bonds is 10. The summed E-state index contributed by atoms with van der Waals surface area (Å²) in [6, 6.07) is 12.7. The maximum absolute atomic E-state index is 12.9. The Morgan fingerprint density at radius 1 is 1.07 bits per heavy atom. The third-order valence-electron chi connectivity index (χ3n) is 3.94. The van der Waals surface area contributed by atoms with Gasteiger partial charge in [0.25, 0.3) is 0 Å². The molecule has 8 heteroatoms. The number of benzene rings is 2. The van der Waals surface area contributed by atoms with Crippen molar-refractivity contribution in [2.75, 3.05) is 20.3 Å². The number of ether oxygens (including phenoxy) is 3. The van der Waals surface area contributed by atoms with Crippen LogP contribution in [0.5, 0.6) is 17.2 Å². The van der Waals surface area contributed by atoms with Gasteiger partial charge in [0.05, 0.1) is 20.3 Å². The molecule has 2 aromatic rings. The molecule has 0 saturated heterocycles. The molecule has 6 nitrogen and oxygen atoms in total. The highest BCUT2D eigenvalue weighted by Crippen LogP contribution is 2.32. The van der Waals surface area contributed by atoms with E-state index in [2.05, 4.69) is 15.6 Å². The number of para-hydroxylation sites is 1. The predicted molar refractivity (Wildman–Crippen MR) is 109 cm³/mol. The van der Waals surface area contributed by atoms with Gasteiger partial charge in [0.15, 0.2) is 17.5 Å². The standard InChI is InChI=1S/C21H27F2N3O3/c1-4-24-21(25-13-15-9-11-17(27-3)12-10-15)26-14-16-7-6-8-18(28-5-2)19(16)29-20(22)23/h6-12,20H,4-5,13-14H2,1-3H3,(H2,24,25,26). The number of aliphatic imine (C=N–C) groups is 1. The minimum atomic E-state index is -2.94. The van der Waals surface area contributed by atoms with Gasteiger partial charge in [-0.1, -0.05) is 24.3 Å². The number of methoxy groups -OCH3 is 1. The van der Waals surface area contributed by atoms with Crippen LogP contribution in [0.4, 0.5) is 8.78 Å². The number of alkyl halides is 2. The average Bonchev–Trinajstić information content (AvgIpc) is 2.72. The van der Waals surface area contributed by atoms with Crippen molar-refractivity contribution in [2.24, 2.45) is 4.99 Å². The summed E-state index contributed by atoms with van der Waals surface area (Å²) < 4.78 is 41.0. The topological polar surface area (TPSA) is 64.1 Å². The van der Waals surface area contributed by atoms with E-state index in [-0.39, 0.29) is 18.0 Å². The lowest BCUT2D eigenvalue weighted by atomic mass is 10.2. The molecule has 29 heavy (non-hydrogen) atoms. The molecule has 0 aliphatic carbocycles. The Labute approximate surface area is 169 Å². The maximum Gasteiger partial charge on any atom is 0.387 e. The van der Waals surface area contributed by atoms with Gasteiger partial charge in [-0.05, 0) is 37.6 Å². The molecule has 0 saturated carbocycles. The number of guanidine groups is 1. The van der Waals surface area contributed by atoms with Crippen LogP contribution in [0.25, 0.3) is 0 Å². The van der Waals surface area contributed by atoms with E-state index in [1.807, 2.05) is 31.2 Å². The van der Waals surface area contributed by atoms with Crippen molar-refractivity contribution < 1.29 is 23.0 Å². The van der Waals surface area contributed by atoms with Gasteiger partial charge in [0, 0.05) is 18.7 Å². The Morgan fingerprint density at radius 3 is 2.45 bits per heavy atom. The molecule has 0 heterocycles. The minimum absolute atomic E-state index is 0.0304. The van der Waals surface area contributed by atoms with Crippen LogP contribution in [0.3, 0.4) is 0 Å². The fraction of sp³-hybridized carbons (Fsp3) is 0.381. The summed E-state index contributed by atoms with van der Waals surface area (Å²) in [7, 11) is 1.62. The van der Waals surface area contributed by atoms with Crippen molar-refractivity contribution in [3.05, 3.63) is 53.6 Å². The Kier molecular flexibility index (Phi) is 9.01. The number of nitrogens with zero attached hydrogens (tertiary/aromatic N) is 1. The monoisotopic (exact) mass is 407 g/mol. The van der Waals surface area contributed by atoms with Gasteiger partial charge in [0.1, 0.15) is 5.75 Å².